The minimum absolute atomic E-state index is 0.295. The van der Waals surface area contributed by atoms with Crippen molar-refractivity contribution in [2.45, 2.75) is 38.0 Å². The molecule has 194 valence electrons. The van der Waals surface area contributed by atoms with Crippen LogP contribution in [0.2, 0.25) is 10.0 Å². The van der Waals surface area contributed by atoms with Crippen LogP contribution in [0.4, 0.5) is 0 Å². The molecular weight excluding hydrogens is 511 g/mol. The van der Waals surface area contributed by atoms with Crippen LogP contribution in [0, 0.1) is 0 Å². The number of carbonyl (C=O) groups is 1. The van der Waals surface area contributed by atoms with Crippen LogP contribution in [0.3, 0.4) is 0 Å². The number of hydrogen-bond acceptors (Lipinski definition) is 5. The predicted octanol–water partition coefficient (Wildman–Crippen LogP) is 7.27. The van der Waals surface area contributed by atoms with Gasteiger partial charge in [-0.05, 0) is 72.4 Å². The number of nitrogens with one attached hydrogen (secondary N) is 1. The van der Waals surface area contributed by atoms with E-state index in [2.05, 4.69) is 22.7 Å². The number of amides is 1. The Morgan fingerprint density at radius 3 is 2.49 bits per heavy atom. The average Bonchev–Trinajstić information content (AvgIpc) is 2.92. The van der Waals surface area contributed by atoms with E-state index in [1.54, 1.807) is 36.4 Å². The molecule has 1 aliphatic carbocycles. The van der Waals surface area contributed by atoms with E-state index in [0.717, 1.165) is 5.75 Å². The van der Waals surface area contributed by atoms with Crippen LogP contribution in [-0.2, 0) is 0 Å². The summed E-state index contributed by atoms with van der Waals surface area (Å²) < 4.78 is 17.2. The molecule has 1 aliphatic rings. The zero-order valence-corrected chi connectivity index (χ0v) is 22.2. The van der Waals surface area contributed by atoms with Crippen molar-refractivity contribution in [1.29, 1.82) is 0 Å². The van der Waals surface area contributed by atoms with Gasteiger partial charge in [-0.15, -0.1) is 0 Å². The van der Waals surface area contributed by atoms with Crippen molar-refractivity contribution in [3.8, 4) is 17.2 Å². The smallest absolute Gasteiger partial charge is 0.271 e. The van der Waals surface area contributed by atoms with Crippen molar-refractivity contribution in [2.75, 3.05) is 20.3 Å². The molecule has 0 saturated heterocycles. The lowest BCUT2D eigenvalue weighted by Gasteiger charge is -2.22. The van der Waals surface area contributed by atoms with E-state index in [9.17, 15) is 4.79 Å². The Labute approximate surface area is 227 Å². The summed E-state index contributed by atoms with van der Waals surface area (Å²) in [5.74, 6) is 1.98. The number of halogens is 2. The molecule has 4 rings (SSSR count). The van der Waals surface area contributed by atoms with Gasteiger partial charge in [-0.1, -0.05) is 60.7 Å². The highest BCUT2D eigenvalue weighted by atomic mass is 35.5. The van der Waals surface area contributed by atoms with Gasteiger partial charge in [-0.3, -0.25) is 4.79 Å². The minimum Gasteiger partial charge on any atom is -0.493 e. The first-order valence-corrected chi connectivity index (χ1v) is 13.1. The van der Waals surface area contributed by atoms with Gasteiger partial charge in [-0.25, -0.2) is 5.43 Å². The highest BCUT2D eigenvalue weighted by Crippen LogP contribution is 2.36. The molecule has 0 bridgehead atoms. The third-order valence-corrected chi connectivity index (χ3v) is 6.79. The van der Waals surface area contributed by atoms with Crippen LogP contribution in [0.25, 0.3) is 0 Å². The van der Waals surface area contributed by atoms with Crippen molar-refractivity contribution in [1.82, 2.24) is 5.43 Å². The fourth-order valence-corrected chi connectivity index (χ4v) is 4.85. The number of carbonyl (C=O) groups excluding carboxylic acids is 1. The van der Waals surface area contributed by atoms with E-state index >= 15 is 0 Å². The van der Waals surface area contributed by atoms with Crippen molar-refractivity contribution < 1.29 is 19.0 Å². The first kappa shape index (κ1) is 26.8. The van der Waals surface area contributed by atoms with Gasteiger partial charge < -0.3 is 14.2 Å². The molecule has 0 heterocycles. The Morgan fingerprint density at radius 1 is 1.00 bits per heavy atom. The number of ether oxygens (including phenoxy) is 3. The molecule has 1 fully saturated rings. The molecule has 0 unspecified atom stereocenters. The minimum atomic E-state index is -0.375. The Bertz CT molecular complexity index is 1230. The fourth-order valence-electron chi connectivity index (χ4n) is 4.39. The first-order valence-electron chi connectivity index (χ1n) is 12.4. The zero-order valence-electron chi connectivity index (χ0n) is 20.7. The average molecular weight is 541 g/mol. The molecule has 1 saturated carbocycles. The monoisotopic (exact) mass is 540 g/mol. The van der Waals surface area contributed by atoms with Gasteiger partial charge in [0.15, 0.2) is 11.5 Å². The topological polar surface area (TPSA) is 69.2 Å². The van der Waals surface area contributed by atoms with Crippen LogP contribution in [0.1, 0.15) is 59.5 Å². The molecule has 3 aromatic rings. The number of benzene rings is 3. The second kappa shape index (κ2) is 13.4. The van der Waals surface area contributed by atoms with Crippen LogP contribution >= 0.6 is 23.2 Å². The lowest BCUT2D eigenvalue weighted by atomic mass is 9.84. The highest BCUT2D eigenvalue weighted by Gasteiger charge is 2.15. The SMILES string of the molecule is COc1cc(/C=N/NC(=O)c2cccc(Cl)c2)cc(Cl)c1OCCOc1ccc(C2CCCCC2)cc1. The maximum absolute atomic E-state index is 12.2. The Hall–Kier alpha value is -3.22. The van der Waals surface area contributed by atoms with Crippen molar-refractivity contribution in [2.24, 2.45) is 5.10 Å². The number of methoxy groups -OCH3 is 1. The maximum Gasteiger partial charge on any atom is 0.271 e. The predicted molar refractivity (Wildman–Crippen MR) is 148 cm³/mol. The largest absolute Gasteiger partial charge is 0.493 e. The lowest BCUT2D eigenvalue weighted by Crippen LogP contribution is -2.17. The molecule has 0 atom stereocenters. The maximum atomic E-state index is 12.2. The third kappa shape index (κ3) is 7.63. The quantitative estimate of drug-likeness (QED) is 0.167. The summed E-state index contributed by atoms with van der Waals surface area (Å²) in [6, 6.07) is 18.4. The third-order valence-electron chi connectivity index (χ3n) is 6.27. The zero-order chi connectivity index (χ0) is 26.0. The van der Waals surface area contributed by atoms with Gasteiger partial charge in [0, 0.05) is 10.6 Å². The summed E-state index contributed by atoms with van der Waals surface area (Å²) in [7, 11) is 1.53. The molecule has 0 aromatic heterocycles. The van der Waals surface area contributed by atoms with Gasteiger partial charge in [0.2, 0.25) is 0 Å². The van der Waals surface area contributed by atoms with Gasteiger partial charge in [-0.2, -0.15) is 5.10 Å². The van der Waals surface area contributed by atoms with Crippen molar-refractivity contribution in [3.05, 3.63) is 87.4 Å². The molecule has 0 spiro atoms. The molecule has 37 heavy (non-hydrogen) atoms. The number of hydrogen-bond donors (Lipinski definition) is 1. The summed E-state index contributed by atoms with van der Waals surface area (Å²) in [6.45, 7) is 0.657. The highest BCUT2D eigenvalue weighted by molar-refractivity contribution is 6.32. The summed E-state index contributed by atoms with van der Waals surface area (Å²) in [5, 5.41) is 4.83. The van der Waals surface area contributed by atoms with Gasteiger partial charge in [0.05, 0.1) is 18.3 Å². The Kier molecular flexibility index (Phi) is 9.69. The summed E-state index contributed by atoms with van der Waals surface area (Å²) in [6.07, 6.45) is 8.02. The molecule has 6 nitrogen and oxygen atoms in total. The standard InChI is InChI=1S/C29H30Cl2N2O4/c1-35-27-17-20(19-32-33-29(34)23-8-5-9-24(30)18-23)16-26(31)28(27)37-15-14-36-25-12-10-22(11-13-25)21-6-3-2-4-7-21/h5,8-13,16-19,21H,2-4,6-7,14-15H2,1H3,(H,33,34)/b32-19+. The molecule has 1 amide bonds. The Morgan fingerprint density at radius 2 is 1.76 bits per heavy atom. The van der Waals surface area contributed by atoms with Gasteiger partial charge >= 0.3 is 0 Å². The molecule has 1 N–H and O–H groups in total. The molecule has 3 aromatic carbocycles. The molecule has 0 aliphatic heterocycles. The van der Waals surface area contributed by atoms with E-state index in [0.29, 0.717) is 51.8 Å². The lowest BCUT2D eigenvalue weighted by molar-refractivity contribution is 0.0955. The van der Waals surface area contributed by atoms with Crippen molar-refractivity contribution >= 4 is 35.3 Å². The van der Waals surface area contributed by atoms with Gasteiger partial charge in [0.25, 0.3) is 5.91 Å². The molecule has 8 heteroatoms. The van der Waals surface area contributed by atoms with Crippen molar-refractivity contribution in [3.63, 3.8) is 0 Å². The van der Waals surface area contributed by atoms with Crippen LogP contribution in [-0.4, -0.2) is 32.4 Å². The summed E-state index contributed by atoms with van der Waals surface area (Å²) in [4.78, 5) is 12.2. The Balaban J connectivity index is 1.28. The van der Waals surface area contributed by atoms with Gasteiger partial charge in [0.1, 0.15) is 19.0 Å². The van der Waals surface area contributed by atoms with Crippen LogP contribution in [0.5, 0.6) is 17.2 Å². The fraction of sp³-hybridized carbons (Fsp3) is 0.310. The van der Waals surface area contributed by atoms with E-state index in [1.807, 2.05) is 12.1 Å². The molecular formula is C29H30Cl2N2O4. The number of rotatable bonds is 10. The normalized spacial score (nSPS) is 13.9. The summed E-state index contributed by atoms with van der Waals surface area (Å²) >= 11 is 12.4. The second-order valence-electron chi connectivity index (χ2n) is 8.84. The number of hydrazone groups is 1. The van der Waals surface area contributed by atoms with Crippen LogP contribution < -0.4 is 19.6 Å². The number of nitrogens with zero attached hydrogens (tertiary/aromatic N) is 1. The van der Waals surface area contributed by atoms with E-state index < -0.39 is 0 Å². The van der Waals surface area contributed by atoms with E-state index in [4.69, 9.17) is 37.4 Å². The van der Waals surface area contributed by atoms with Crippen LogP contribution in [0.15, 0.2) is 65.8 Å². The second-order valence-corrected chi connectivity index (χ2v) is 9.69. The molecule has 0 radical (unpaired) electrons. The van der Waals surface area contributed by atoms with E-state index in [1.165, 1.54) is 51.0 Å². The van der Waals surface area contributed by atoms with E-state index in [-0.39, 0.29) is 5.91 Å². The first-order chi connectivity index (χ1) is 18.0. The summed E-state index contributed by atoms with van der Waals surface area (Å²) in [5.41, 5.74) is 4.90.